The third kappa shape index (κ3) is 3.73. The Labute approximate surface area is 175 Å². The van der Waals surface area contributed by atoms with Crippen molar-refractivity contribution >= 4 is 17.2 Å². The molecule has 0 atom stereocenters. The lowest BCUT2D eigenvalue weighted by molar-refractivity contribution is 0.0712. The van der Waals surface area contributed by atoms with Gasteiger partial charge in [-0.25, -0.2) is 4.98 Å². The minimum atomic E-state index is 0.106. The van der Waals surface area contributed by atoms with E-state index >= 15 is 0 Å². The number of aromatic nitrogens is 2. The number of rotatable bonds is 3. The molecule has 1 amide bonds. The van der Waals surface area contributed by atoms with E-state index in [1.807, 2.05) is 29.2 Å². The Morgan fingerprint density at radius 3 is 2.66 bits per heavy atom. The van der Waals surface area contributed by atoms with Gasteiger partial charge in [-0.1, -0.05) is 6.08 Å². The van der Waals surface area contributed by atoms with Crippen LogP contribution in [0.5, 0.6) is 0 Å². The van der Waals surface area contributed by atoms with Crippen LogP contribution in [-0.4, -0.2) is 51.9 Å². The largest absolute Gasteiger partial charge is 0.371 e. The Morgan fingerprint density at radius 1 is 1.14 bits per heavy atom. The molecule has 0 bridgehead atoms. The Bertz CT molecular complexity index is 959. The molecule has 4 heterocycles. The molecule has 1 fully saturated rings. The standard InChI is InChI=1S/C23H26N4OS/c1-16-13-18(15-24-14-16)23(28)27-9-5-17(6-10-27)22-25-20-7-11-26(19-3-2-4-19)12-8-21(20)29-22/h2-4,13-15,17H,5-12H2,1H3. The molecule has 2 aromatic rings. The van der Waals surface area contributed by atoms with Crippen LogP contribution >= 0.6 is 11.3 Å². The van der Waals surface area contributed by atoms with Gasteiger partial charge in [-0.05, 0) is 43.5 Å². The van der Waals surface area contributed by atoms with E-state index in [1.165, 1.54) is 21.3 Å². The number of carbonyl (C=O) groups excluding carboxylic acids is 1. The molecule has 5 rings (SSSR count). The first-order chi connectivity index (χ1) is 14.2. The zero-order valence-electron chi connectivity index (χ0n) is 16.8. The number of piperidine rings is 1. The number of allylic oxidation sites excluding steroid dienone is 3. The molecule has 0 saturated carbocycles. The van der Waals surface area contributed by atoms with Crippen LogP contribution in [0, 0.1) is 6.92 Å². The summed E-state index contributed by atoms with van der Waals surface area (Å²) in [5, 5.41) is 1.29. The van der Waals surface area contributed by atoms with Gasteiger partial charge in [0.15, 0.2) is 0 Å². The van der Waals surface area contributed by atoms with E-state index in [0.29, 0.717) is 11.5 Å². The van der Waals surface area contributed by atoms with Gasteiger partial charge in [0.1, 0.15) is 0 Å². The quantitative estimate of drug-likeness (QED) is 0.780. The van der Waals surface area contributed by atoms with Gasteiger partial charge in [-0.2, -0.15) is 0 Å². The van der Waals surface area contributed by atoms with Crippen LogP contribution in [0.15, 0.2) is 42.4 Å². The molecule has 0 aromatic carbocycles. The summed E-state index contributed by atoms with van der Waals surface area (Å²) >= 11 is 1.91. The number of carbonyl (C=O) groups is 1. The van der Waals surface area contributed by atoms with Crippen LogP contribution in [0.2, 0.25) is 0 Å². The Morgan fingerprint density at radius 2 is 1.93 bits per heavy atom. The minimum Gasteiger partial charge on any atom is -0.371 e. The van der Waals surface area contributed by atoms with Crippen molar-refractivity contribution in [3.8, 4) is 0 Å². The Balaban J connectivity index is 1.20. The van der Waals surface area contributed by atoms with Crippen molar-refractivity contribution in [3.63, 3.8) is 0 Å². The fourth-order valence-corrected chi connectivity index (χ4v) is 5.66. The van der Waals surface area contributed by atoms with Gasteiger partial charge < -0.3 is 9.80 Å². The van der Waals surface area contributed by atoms with Crippen molar-refractivity contribution in [1.82, 2.24) is 19.8 Å². The highest BCUT2D eigenvalue weighted by Gasteiger charge is 2.28. The van der Waals surface area contributed by atoms with Gasteiger partial charge in [-0.15, -0.1) is 11.3 Å². The zero-order valence-corrected chi connectivity index (χ0v) is 17.6. The Hall–Kier alpha value is -2.47. The van der Waals surface area contributed by atoms with E-state index in [2.05, 4.69) is 28.1 Å². The number of nitrogens with zero attached hydrogens (tertiary/aromatic N) is 4. The van der Waals surface area contributed by atoms with E-state index in [4.69, 9.17) is 4.98 Å². The van der Waals surface area contributed by atoms with E-state index in [0.717, 1.165) is 57.4 Å². The fraction of sp³-hybridized carbons (Fsp3) is 0.435. The summed E-state index contributed by atoms with van der Waals surface area (Å²) in [6.07, 6.45) is 14.1. The molecular weight excluding hydrogens is 380 g/mol. The van der Waals surface area contributed by atoms with Crippen LogP contribution in [0.25, 0.3) is 0 Å². The van der Waals surface area contributed by atoms with Crippen LogP contribution in [0.1, 0.15) is 50.3 Å². The fourth-order valence-electron chi connectivity index (χ4n) is 4.39. The number of pyridine rings is 1. The number of amides is 1. The van der Waals surface area contributed by atoms with Crippen molar-refractivity contribution in [2.24, 2.45) is 0 Å². The lowest BCUT2D eigenvalue weighted by Crippen LogP contribution is -2.38. The van der Waals surface area contributed by atoms with E-state index in [1.54, 1.807) is 12.4 Å². The third-order valence-electron chi connectivity index (χ3n) is 6.17. The highest BCUT2D eigenvalue weighted by Crippen LogP contribution is 2.34. The molecule has 29 heavy (non-hydrogen) atoms. The normalized spacial score (nSPS) is 19.4. The minimum absolute atomic E-state index is 0.106. The summed E-state index contributed by atoms with van der Waals surface area (Å²) in [4.78, 5) is 27.9. The van der Waals surface area contributed by atoms with Crippen LogP contribution in [0.4, 0.5) is 0 Å². The smallest absolute Gasteiger partial charge is 0.255 e. The molecule has 6 heteroatoms. The first kappa shape index (κ1) is 18.6. The zero-order chi connectivity index (χ0) is 19.8. The summed E-state index contributed by atoms with van der Waals surface area (Å²) in [5.74, 6) is 0.592. The summed E-state index contributed by atoms with van der Waals surface area (Å²) in [5.41, 5.74) is 4.39. The maximum atomic E-state index is 12.8. The van der Waals surface area contributed by atoms with Gasteiger partial charge in [0.25, 0.3) is 5.91 Å². The monoisotopic (exact) mass is 406 g/mol. The predicted molar refractivity (Wildman–Crippen MR) is 115 cm³/mol. The molecule has 0 radical (unpaired) electrons. The van der Waals surface area contributed by atoms with Gasteiger partial charge in [-0.3, -0.25) is 9.78 Å². The molecule has 0 unspecified atom stereocenters. The number of hydrogen-bond donors (Lipinski definition) is 0. The third-order valence-corrected chi connectivity index (χ3v) is 7.49. The van der Waals surface area contributed by atoms with E-state index in [-0.39, 0.29) is 5.91 Å². The molecule has 2 aromatic heterocycles. The summed E-state index contributed by atoms with van der Waals surface area (Å²) in [6.45, 7) is 5.72. The predicted octanol–water partition coefficient (Wildman–Crippen LogP) is 3.72. The number of thiazole rings is 1. The van der Waals surface area contributed by atoms with Gasteiger partial charge in [0, 0.05) is 67.9 Å². The molecule has 3 aliphatic rings. The molecule has 1 aliphatic carbocycles. The summed E-state index contributed by atoms with van der Waals surface area (Å²) in [7, 11) is 0. The van der Waals surface area contributed by atoms with Crippen molar-refractivity contribution in [1.29, 1.82) is 0 Å². The summed E-state index contributed by atoms with van der Waals surface area (Å²) < 4.78 is 0. The second-order valence-electron chi connectivity index (χ2n) is 8.18. The van der Waals surface area contributed by atoms with Crippen molar-refractivity contribution in [3.05, 3.63) is 69.1 Å². The molecule has 2 aliphatic heterocycles. The highest BCUT2D eigenvalue weighted by atomic mass is 32.1. The first-order valence-corrected chi connectivity index (χ1v) is 11.3. The molecule has 150 valence electrons. The van der Waals surface area contributed by atoms with Crippen LogP contribution in [0.3, 0.4) is 0 Å². The topological polar surface area (TPSA) is 49.3 Å². The molecule has 0 N–H and O–H groups in total. The van der Waals surface area contributed by atoms with E-state index in [9.17, 15) is 4.79 Å². The van der Waals surface area contributed by atoms with Gasteiger partial charge in [0.2, 0.25) is 0 Å². The van der Waals surface area contributed by atoms with Crippen LogP contribution < -0.4 is 0 Å². The average Bonchev–Trinajstić information content (AvgIpc) is 3.02. The lowest BCUT2D eigenvalue weighted by atomic mass is 9.97. The van der Waals surface area contributed by atoms with Crippen LogP contribution in [-0.2, 0) is 12.8 Å². The van der Waals surface area contributed by atoms with Crippen molar-refractivity contribution < 1.29 is 4.79 Å². The van der Waals surface area contributed by atoms with Crippen molar-refractivity contribution in [2.75, 3.05) is 26.2 Å². The molecule has 1 saturated heterocycles. The highest BCUT2D eigenvalue weighted by molar-refractivity contribution is 7.11. The van der Waals surface area contributed by atoms with Gasteiger partial charge in [0.05, 0.1) is 16.3 Å². The SMILES string of the molecule is Cc1cncc(C(=O)N2CCC(c3nc4c(s3)CCN(C3=CC=C3)CC4)CC2)c1. The molecule has 0 spiro atoms. The van der Waals surface area contributed by atoms with Crippen molar-refractivity contribution in [2.45, 2.75) is 38.5 Å². The van der Waals surface area contributed by atoms with Gasteiger partial charge >= 0.3 is 0 Å². The average molecular weight is 407 g/mol. The van der Waals surface area contributed by atoms with E-state index < -0.39 is 0 Å². The number of hydrogen-bond acceptors (Lipinski definition) is 5. The number of likely N-dealkylation sites (tertiary alicyclic amines) is 1. The second-order valence-corrected chi connectivity index (χ2v) is 9.29. The molecular formula is C23H26N4OS. The maximum absolute atomic E-state index is 12.8. The summed E-state index contributed by atoms with van der Waals surface area (Å²) in [6, 6.07) is 1.93. The number of aryl methyl sites for hydroxylation is 1. The lowest BCUT2D eigenvalue weighted by Gasteiger charge is -2.31. The Kier molecular flexibility index (Phi) is 4.96. The molecule has 5 nitrogen and oxygen atoms in total. The number of fused-ring (bicyclic) bond motifs is 1. The first-order valence-electron chi connectivity index (χ1n) is 10.5. The second kappa shape index (κ2) is 7.75. The maximum Gasteiger partial charge on any atom is 0.255 e.